The maximum Gasteiger partial charge on any atom is 0.255 e. The van der Waals surface area contributed by atoms with E-state index in [0.717, 1.165) is 19.4 Å². The van der Waals surface area contributed by atoms with E-state index in [2.05, 4.69) is 4.98 Å². The van der Waals surface area contributed by atoms with E-state index in [0.29, 0.717) is 22.9 Å². The lowest BCUT2D eigenvalue weighted by Gasteiger charge is -2.32. The maximum absolute atomic E-state index is 12.3. The van der Waals surface area contributed by atoms with Gasteiger partial charge in [-0.2, -0.15) is 0 Å². The number of halogens is 1. The Balaban J connectivity index is 2.17. The van der Waals surface area contributed by atoms with Gasteiger partial charge in [0.05, 0.1) is 16.7 Å². The van der Waals surface area contributed by atoms with Gasteiger partial charge in [0.2, 0.25) is 0 Å². The third-order valence-corrected chi connectivity index (χ3v) is 3.41. The van der Waals surface area contributed by atoms with Crippen LogP contribution in [0.1, 0.15) is 23.2 Å². The van der Waals surface area contributed by atoms with Crippen LogP contribution in [0.5, 0.6) is 0 Å². The van der Waals surface area contributed by atoms with E-state index < -0.39 is 0 Å². The number of nitrogens with zero attached hydrogens (tertiary/aromatic N) is 2. The summed E-state index contributed by atoms with van der Waals surface area (Å²) in [6.45, 7) is 1.31. The van der Waals surface area contributed by atoms with Gasteiger partial charge in [-0.25, -0.2) is 4.98 Å². The second kappa shape index (κ2) is 5.54. The highest BCUT2D eigenvalue weighted by atomic mass is 35.5. The van der Waals surface area contributed by atoms with Crippen molar-refractivity contribution in [2.75, 3.05) is 25.9 Å². The Morgan fingerprint density at radius 1 is 1.67 bits per heavy atom. The fourth-order valence-electron chi connectivity index (χ4n) is 2.10. The van der Waals surface area contributed by atoms with Gasteiger partial charge in [-0.05, 0) is 18.9 Å². The number of piperidine rings is 1. The van der Waals surface area contributed by atoms with Gasteiger partial charge in [0, 0.05) is 26.4 Å². The third-order valence-electron chi connectivity index (χ3n) is 3.11. The lowest BCUT2D eigenvalue weighted by atomic mass is 10.1. The fourth-order valence-corrected chi connectivity index (χ4v) is 2.29. The van der Waals surface area contributed by atoms with Crippen LogP contribution in [0.4, 0.5) is 5.82 Å². The number of pyridine rings is 1. The van der Waals surface area contributed by atoms with Crippen LogP contribution < -0.4 is 5.73 Å². The van der Waals surface area contributed by atoms with Crippen LogP contribution in [-0.2, 0) is 4.74 Å². The maximum atomic E-state index is 12.3. The van der Waals surface area contributed by atoms with Gasteiger partial charge in [0.15, 0.2) is 0 Å². The van der Waals surface area contributed by atoms with Gasteiger partial charge in [0.25, 0.3) is 5.91 Å². The Morgan fingerprint density at radius 2 is 2.44 bits per heavy atom. The number of rotatable bonds is 2. The highest BCUT2D eigenvalue weighted by molar-refractivity contribution is 6.33. The number of ether oxygens (including phenoxy) is 1. The molecule has 2 N–H and O–H groups in total. The highest BCUT2D eigenvalue weighted by Crippen LogP contribution is 2.21. The van der Waals surface area contributed by atoms with E-state index in [1.807, 2.05) is 0 Å². The van der Waals surface area contributed by atoms with Crippen molar-refractivity contribution in [1.82, 2.24) is 9.88 Å². The number of methoxy groups -OCH3 is 1. The molecule has 0 radical (unpaired) electrons. The van der Waals surface area contributed by atoms with Gasteiger partial charge in [0.1, 0.15) is 5.82 Å². The Bertz CT molecular complexity index is 453. The van der Waals surface area contributed by atoms with Gasteiger partial charge in [-0.3, -0.25) is 4.79 Å². The first kappa shape index (κ1) is 13.1. The second-order valence-electron chi connectivity index (χ2n) is 4.34. The van der Waals surface area contributed by atoms with Crippen molar-refractivity contribution in [3.63, 3.8) is 0 Å². The molecule has 1 atom stereocenters. The summed E-state index contributed by atoms with van der Waals surface area (Å²) in [5.41, 5.74) is 5.99. The van der Waals surface area contributed by atoms with Crippen LogP contribution in [0.2, 0.25) is 5.02 Å². The number of carbonyl (C=O) groups excluding carboxylic acids is 1. The molecule has 18 heavy (non-hydrogen) atoms. The monoisotopic (exact) mass is 269 g/mol. The lowest BCUT2D eigenvalue weighted by Crippen LogP contribution is -2.43. The second-order valence-corrected chi connectivity index (χ2v) is 4.75. The standard InChI is InChI=1S/C12H16ClN3O2/c1-18-8-3-2-4-16(7-8)12(17)9-5-11(14)15-6-10(9)13/h5-6,8H,2-4,7H2,1H3,(H2,14,15). The quantitative estimate of drug-likeness (QED) is 0.885. The molecule has 0 aromatic carbocycles. The van der Waals surface area contributed by atoms with E-state index >= 15 is 0 Å². The largest absolute Gasteiger partial charge is 0.384 e. The number of hydrogen-bond donors (Lipinski definition) is 1. The first-order valence-corrected chi connectivity index (χ1v) is 6.22. The molecular formula is C12H16ClN3O2. The number of anilines is 1. The molecule has 0 aliphatic carbocycles. The molecule has 98 valence electrons. The van der Waals surface area contributed by atoms with Crippen LogP contribution >= 0.6 is 11.6 Å². The van der Waals surface area contributed by atoms with Gasteiger partial charge in [-0.15, -0.1) is 0 Å². The summed E-state index contributed by atoms with van der Waals surface area (Å²) >= 11 is 5.98. The van der Waals surface area contributed by atoms with E-state index in [9.17, 15) is 4.79 Å². The van der Waals surface area contributed by atoms with E-state index in [-0.39, 0.29) is 12.0 Å². The van der Waals surface area contributed by atoms with Crippen molar-refractivity contribution in [2.45, 2.75) is 18.9 Å². The highest BCUT2D eigenvalue weighted by Gasteiger charge is 2.25. The molecule has 2 heterocycles. The summed E-state index contributed by atoms with van der Waals surface area (Å²) in [6, 6.07) is 1.51. The number of carbonyl (C=O) groups is 1. The Morgan fingerprint density at radius 3 is 3.17 bits per heavy atom. The molecule has 1 unspecified atom stereocenters. The fraction of sp³-hybridized carbons (Fsp3) is 0.500. The lowest BCUT2D eigenvalue weighted by molar-refractivity contribution is 0.0269. The van der Waals surface area contributed by atoms with E-state index in [1.54, 1.807) is 12.0 Å². The molecule has 2 rings (SSSR count). The average molecular weight is 270 g/mol. The predicted octanol–water partition coefficient (Wildman–Crippen LogP) is 1.57. The third kappa shape index (κ3) is 2.73. The molecule has 1 aliphatic heterocycles. The van der Waals surface area contributed by atoms with Crippen LogP contribution in [0.3, 0.4) is 0 Å². The summed E-state index contributed by atoms with van der Waals surface area (Å²) in [6.07, 6.45) is 3.41. The molecule has 5 nitrogen and oxygen atoms in total. The van der Waals surface area contributed by atoms with Crippen molar-refractivity contribution in [3.8, 4) is 0 Å². The molecule has 1 fully saturated rings. The number of aromatic nitrogens is 1. The van der Waals surface area contributed by atoms with Gasteiger partial charge < -0.3 is 15.4 Å². The Labute approximate surface area is 111 Å². The van der Waals surface area contributed by atoms with Gasteiger partial charge >= 0.3 is 0 Å². The molecule has 1 amide bonds. The number of hydrogen-bond acceptors (Lipinski definition) is 4. The number of nitrogens with two attached hydrogens (primary N) is 1. The van der Waals surface area contributed by atoms with E-state index in [4.69, 9.17) is 22.1 Å². The molecule has 1 aromatic heterocycles. The molecule has 0 spiro atoms. The normalized spacial score (nSPS) is 19.9. The van der Waals surface area contributed by atoms with E-state index in [1.165, 1.54) is 12.3 Å². The molecule has 0 saturated carbocycles. The van der Waals surface area contributed by atoms with Crippen molar-refractivity contribution in [1.29, 1.82) is 0 Å². The minimum Gasteiger partial charge on any atom is -0.384 e. The summed E-state index contributed by atoms with van der Waals surface area (Å²) in [5.74, 6) is 0.180. The number of likely N-dealkylation sites (tertiary alicyclic amines) is 1. The number of amides is 1. The van der Waals surface area contributed by atoms with Crippen LogP contribution in [-0.4, -0.2) is 42.1 Å². The zero-order valence-electron chi connectivity index (χ0n) is 10.2. The number of nitrogen functional groups attached to an aromatic ring is 1. The molecule has 1 aromatic rings. The molecular weight excluding hydrogens is 254 g/mol. The summed E-state index contributed by atoms with van der Waals surface area (Å²) in [5, 5.41) is 0.328. The van der Waals surface area contributed by atoms with Crippen LogP contribution in [0.25, 0.3) is 0 Å². The molecule has 1 aliphatic rings. The smallest absolute Gasteiger partial charge is 0.255 e. The average Bonchev–Trinajstić information content (AvgIpc) is 2.41. The SMILES string of the molecule is COC1CCCN(C(=O)c2cc(N)ncc2Cl)C1. The van der Waals surface area contributed by atoms with Crippen molar-refractivity contribution < 1.29 is 9.53 Å². The first-order valence-electron chi connectivity index (χ1n) is 5.85. The van der Waals surface area contributed by atoms with Crippen molar-refractivity contribution in [3.05, 3.63) is 22.8 Å². The minimum absolute atomic E-state index is 0.0978. The Kier molecular flexibility index (Phi) is 4.04. The van der Waals surface area contributed by atoms with Crippen molar-refractivity contribution >= 4 is 23.3 Å². The summed E-state index contributed by atoms with van der Waals surface area (Å²) in [7, 11) is 1.66. The Hall–Kier alpha value is -1.33. The van der Waals surface area contributed by atoms with Gasteiger partial charge in [-0.1, -0.05) is 11.6 Å². The zero-order chi connectivity index (χ0) is 13.1. The molecule has 0 bridgehead atoms. The minimum atomic E-state index is -0.115. The van der Waals surface area contributed by atoms with Crippen LogP contribution in [0, 0.1) is 0 Å². The molecule has 6 heteroatoms. The zero-order valence-corrected chi connectivity index (χ0v) is 11.0. The summed E-state index contributed by atoms with van der Waals surface area (Å²) < 4.78 is 5.30. The summed E-state index contributed by atoms with van der Waals surface area (Å²) in [4.78, 5) is 17.9. The molecule has 1 saturated heterocycles. The topological polar surface area (TPSA) is 68.5 Å². The first-order chi connectivity index (χ1) is 8.61. The van der Waals surface area contributed by atoms with Crippen LogP contribution in [0.15, 0.2) is 12.3 Å². The van der Waals surface area contributed by atoms with Crippen molar-refractivity contribution in [2.24, 2.45) is 0 Å². The predicted molar refractivity (Wildman–Crippen MR) is 69.6 cm³/mol.